The van der Waals surface area contributed by atoms with Crippen molar-refractivity contribution in [1.29, 1.82) is 0 Å². The van der Waals surface area contributed by atoms with E-state index in [1.807, 2.05) is 6.20 Å². The normalized spacial score (nSPS) is 16.5. The molecule has 3 heteroatoms. The molecule has 3 nitrogen and oxygen atoms in total. The van der Waals surface area contributed by atoms with E-state index in [1.54, 1.807) is 0 Å². The number of aromatic nitrogens is 2. The Balaban J connectivity index is 2.43. The molecule has 0 unspecified atom stereocenters. The van der Waals surface area contributed by atoms with Crippen LogP contribution in [0.25, 0.3) is 0 Å². The number of imidazole rings is 1. The lowest BCUT2D eigenvalue weighted by atomic mass is 9.95. The van der Waals surface area contributed by atoms with Gasteiger partial charge < -0.3 is 9.88 Å². The highest BCUT2D eigenvalue weighted by Gasteiger charge is 2.23. The van der Waals surface area contributed by atoms with E-state index in [4.69, 9.17) is 0 Å². The minimum atomic E-state index is 0.150. The fraction of sp³-hybridized carbons (Fsp3) is 0.700. The number of hydrogen-bond donors (Lipinski definition) is 1. The lowest BCUT2D eigenvalue weighted by Gasteiger charge is -2.24. The Morgan fingerprint density at radius 1 is 1.46 bits per heavy atom. The quantitative estimate of drug-likeness (QED) is 0.660. The van der Waals surface area contributed by atoms with Crippen LogP contribution in [0, 0.1) is 0 Å². The van der Waals surface area contributed by atoms with E-state index >= 15 is 0 Å². The second kappa shape index (κ2) is 2.76. The van der Waals surface area contributed by atoms with E-state index in [0.717, 1.165) is 13.1 Å². The summed E-state index contributed by atoms with van der Waals surface area (Å²) in [5, 5.41) is 3.36. The summed E-state index contributed by atoms with van der Waals surface area (Å²) in [5.41, 5.74) is 0.150. The first-order valence-corrected chi connectivity index (χ1v) is 4.89. The van der Waals surface area contributed by atoms with Crippen molar-refractivity contribution in [3.8, 4) is 0 Å². The van der Waals surface area contributed by atoms with Crippen LogP contribution in [0.15, 0.2) is 6.20 Å². The van der Waals surface area contributed by atoms with E-state index in [-0.39, 0.29) is 5.41 Å². The topological polar surface area (TPSA) is 29.9 Å². The molecule has 1 aliphatic rings. The van der Waals surface area contributed by atoms with Crippen LogP contribution in [0.4, 0.5) is 5.82 Å². The summed E-state index contributed by atoms with van der Waals surface area (Å²) in [6, 6.07) is 0. The van der Waals surface area contributed by atoms with Crippen molar-refractivity contribution >= 4 is 5.82 Å². The number of anilines is 1. The average molecular weight is 179 g/mol. The van der Waals surface area contributed by atoms with Crippen molar-refractivity contribution in [2.45, 2.75) is 39.2 Å². The fourth-order valence-corrected chi connectivity index (χ4v) is 1.80. The van der Waals surface area contributed by atoms with Crippen molar-refractivity contribution < 1.29 is 0 Å². The molecule has 0 saturated carbocycles. The van der Waals surface area contributed by atoms with Crippen LogP contribution in [-0.4, -0.2) is 16.1 Å². The van der Waals surface area contributed by atoms with Gasteiger partial charge in [0.15, 0.2) is 0 Å². The molecule has 0 aromatic carbocycles. The van der Waals surface area contributed by atoms with Gasteiger partial charge in [-0.3, -0.25) is 0 Å². The van der Waals surface area contributed by atoms with Crippen LogP contribution in [-0.2, 0) is 12.0 Å². The van der Waals surface area contributed by atoms with Gasteiger partial charge in [0.2, 0.25) is 0 Å². The summed E-state index contributed by atoms with van der Waals surface area (Å²) in [5.74, 6) is 2.37. The molecule has 2 heterocycles. The zero-order valence-corrected chi connectivity index (χ0v) is 8.59. The van der Waals surface area contributed by atoms with Crippen LogP contribution in [0.2, 0.25) is 0 Å². The maximum atomic E-state index is 4.47. The second-order valence-electron chi connectivity index (χ2n) is 4.65. The van der Waals surface area contributed by atoms with Gasteiger partial charge in [-0.15, -0.1) is 0 Å². The van der Waals surface area contributed by atoms with E-state index in [2.05, 4.69) is 35.6 Å². The van der Waals surface area contributed by atoms with Crippen molar-refractivity contribution in [1.82, 2.24) is 9.55 Å². The summed E-state index contributed by atoms with van der Waals surface area (Å²) in [6.07, 6.45) is 3.15. The summed E-state index contributed by atoms with van der Waals surface area (Å²) < 4.78 is 2.30. The van der Waals surface area contributed by atoms with Crippen molar-refractivity contribution in [2.75, 3.05) is 11.9 Å². The summed E-state index contributed by atoms with van der Waals surface area (Å²) >= 11 is 0. The maximum absolute atomic E-state index is 4.47. The molecule has 0 atom stereocenters. The van der Waals surface area contributed by atoms with Gasteiger partial charge in [-0.05, 0) is 6.42 Å². The van der Waals surface area contributed by atoms with Crippen LogP contribution >= 0.6 is 0 Å². The molecule has 2 rings (SSSR count). The second-order valence-corrected chi connectivity index (χ2v) is 4.65. The molecule has 72 valence electrons. The molecule has 0 amide bonds. The lowest BCUT2D eigenvalue weighted by molar-refractivity contribution is 0.487. The largest absolute Gasteiger partial charge is 0.370 e. The van der Waals surface area contributed by atoms with Crippen LogP contribution < -0.4 is 5.32 Å². The van der Waals surface area contributed by atoms with Crippen LogP contribution in [0.3, 0.4) is 0 Å². The first kappa shape index (κ1) is 8.60. The molecule has 1 N–H and O–H groups in total. The minimum absolute atomic E-state index is 0.150. The average Bonchev–Trinajstić information content (AvgIpc) is 2.45. The third-order valence-corrected chi connectivity index (χ3v) is 2.39. The first-order valence-electron chi connectivity index (χ1n) is 4.89. The molecule has 0 fully saturated rings. The number of hydrogen-bond acceptors (Lipinski definition) is 2. The van der Waals surface area contributed by atoms with Gasteiger partial charge in [-0.25, -0.2) is 4.98 Å². The van der Waals surface area contributed by atoms with Gasteiger partial charge >= 0.3 is 0 Å². The third kappa shape index (κ3) is 1.43. The van der Waals surface area contributed by atoms with Gasteiger partial charge in [-0.2, -0.15) is 0 Å². The summed E-state index contributed by atoms with van der Waals surface area (Å²) in [4.78, 5) is 4.47. The Bertz CT molecular complexity index is 306. The maximum Gasteiger partial charge on any atom is 0.126 e. The highest BCUT2D eigenvalue weighted by atomic mass is 15.2. The zero-order chi connectivity index (χ0) is 9.47. The molecule has 1 aromatic rings. The Morgan fingerprint density at radius 3 is 2.92 bits per heavy atom. The summed E-state index contributed by atoms with van der Waals surface area (Å²) in [6.45, 7) is 8.80. The smallest absolute Gasteiger partial charge is 0.126 e. The van der Waals surface area contributed by atoms with Crippen molar-refractivity contribution in [2.24, 2.45) is 0 Å². The Hall–Kier alpha value is -0.990. The van der Waals surface area contributed by atoms with Crippen LogP contribution in [0.5, 0.6) is 0 Å². The Morgan fingerprint density at radius 2 is 2.23 bits per heavy atom. The van der Waals surface area contributed by atoms with E-state index in [9.17, 15) is 0 Å². The standard InChI is InChI=1S/C10H17N3/c1-10(2,3)9-12-7-8-11-5-4-6-13(8)9/h7,11H,4-6H2,1-3H3. The molecule has 1 aliphatic heterocycles. The number of rotatable bonds is 0. The summed E-state index contributed by atoms with van der Waals surface area (Å²) in [7, 11) is 0. The fourth-order valence-electron chi connectivity index (χ4n) is 1.80. The molecule has 0 aliphatic carbocycles. The molecule has 13 heavy (non-hydrogen) atoms. The molecule has 0 radical (unpaired) electrons. The SMILES string of the molecule is CC(C)(C)c1ncc2n1CCCN2. The monoisotopic (exact) mass is 179 g/mol. The number of nitrogens with zero attached hydrogens (tertiary/aromatic N) is 2. The third-order valence-electron chi connectivity index (χ3n) is 2.39. The van der Waals surface area contributed by atoms with Gasteiger partial charge in [0, 0.05) is 18.5 Å². The molecule has 0 saturated heterocycles. The van der Waals surface area contributed by atoms with E-state index < -0.39 is 0 Å². The molecular formula is C10H17N3. The first-order chi connectivity index (χ1) is 6.09. The number of fused-ring (bicyclic) bond motifs is 1. The van der Waals surface area contributed by atoms with Gasteiger partial charge in [0.25, 0.3) is 0 Å². The lowest BCUT2D eigenvalue weighted by Crippen LogP contribution is -2.24. The van der Waals surface area contributed by atoms with Gasteiger partial charge in [0.1, 0.15) is 11.6 Å². The molecule has 0 spiro atoms. The van der Waals surface area contributed by atoms with E-state index in [0.29, 0.717) is 0 Å². The van der Waals surface area contributed by atoms with Crippen molar-refractivity contribution in [3.63, 3.8) is 0 Å². The molecule has 1 aromatic heterocycles. The number of nitrogens with one attached hydrogen (secondary N) is 1. The molecule has 0 bridgehead atoms. The van der Waals surface area contributed by atoms with Gasteiger partial charge in [-0.1, -0.05) is 20.8 Å². The molecular weight excluding hydrogens is 162 g/mol. The van der Waals surface area contributed by atoms with Crippen LogP contribution in [0.1, 0.15) is 33.0 Å². The highest BCUT2D eigenvalue weighted by Crippen LogP contribution is 2.26. The minimum Gasteiger partial charge on any atom is -0.370 e. The zero-order valence-electron chi connectivity index (χ0n) is 8.59. The van der Waals surface area contributed by atoms with Crippen molar-refractivity contribution in [3.05, 3.63) is 12.0 Å². The Labute approximate surface area is 79.2 Å². The Kier molecular flexibility index (Phi) is 1.82. The van der Waals surface area contributed by atoms with Gasteiger partial charge in [0.05, 0.1) is 6.20 Å². The predicted molar refractivity (Wildman–Crippen MR) is 54.0 cm³/mol. The highest BCUT2D eigenvalue weighted by molar-refractivity contribution is 5.37. The predicted octanol–water partition coefficient (Wildman–Crippen LogP) is 2.00. The van der Waals surface area contributed by atoms with E-state index in [1.165, 1.54) is 18.1 Å².